The zero-order chi connectivity index (χ0) is 61.9. The van der Waals surface area contributed by atoms with Gasteiger partial charge in [-0.15, -0.1) is 0 Å². The maximum atomic E-state index is 12.9. The highest BCUT2D eigenvalue weighted by Gasteiger charge is 2.27. The molecule has 0 radical (unpaired) electrons. The van der Waals surface area contributed by atoms with Gasteiger partial charge in [0.2, 0.25) is 0 Å². The number of hydrogen-bond donors (Lipinski definition) is 1. The van der Waals surface area contributed by atoms with Gasteiger partial charge in [0, 0.05) is 12.8 Å². The van der Waals surface area contributed by atoms with Gasteiger partial charge in [-0.05, 0) is 12.8 Å². The third-order valence-electron chi connectivity index (χ3n) is 17.9. The van der Waals surface area contributed by atoms with Crippen LogP contribution in [0.5, 0.6) is 0 Å². The molecule has 0 aromatic rings. The van der Waals surface area contributed by atoms with E-state index in [4.69, 9.17) is 18.5 Å². The van der Waals surface area contributed by atoms with Crippen molar-refractivity contribution in [2.24, 2.45) is 0 Å². The van der Waals surface area contributed by atoms with Crippen LogP contribution >= 0.6 is 7.82 Å². The van der Waals surface area contributed by atoms with E-state index in [0.29, 0.717) is 17.4 Å². The zero-order valence-electron chi connectivity index (χ0n) is 58.2. The van der Waals surface area contributed by atoms with Crippen molar-refractivity contribution >= 4 is 19.8 Å². The fourth-order valence-corrected chi connectivity index (χ4v) is 12.8. The molecule has 0 heterocycles. The summed E-state index contributed by atoms with van der Waals surface area (Å²) in [5.41, 5.74) is 0. The van der Waals surface area contributed by atoms with Gasteiger partial charge in [-0.1, -0.05) is 393 Å². The minimum atomic E-state index is -4.38. The van der Waals surface area contributed by atoms with Crippen molar-refractivity contribution in [3.8, 4) is 0 Å². The summed E-state index contributed by atoms with van der Waals surface area (Å²) in [6.07, 6.45) is 82.6. The van der Waals surface area contributed by atoms with Crippen molar-refractivity contribution in [3.63, 3.8) is 0 Å². The maximum Gasteiger partial charge on any atom is 0.472 e. The quantitative estimate of drug-likeness (QED) is 0.0278. The molecule has 508 valence electrons. The smallest absolute Gasteiger partial charge is 0.462 e. The molecule has 2 atom stereocenters. The van der Waals surface area contributed by atoms with Gasteiger partial charge < -0.3 is 18.9 Å². The first kappa shape index (κ1) is 84.0. The molecule has 0 spiro atoms. The molecule has 0 aliphatic rings. The van der Waals surface area contributed by atoms with Crippen molar-refractivity contribution in [2.45, 2.75) is 424 Å². The van der Waals surface area contributed by atoms with Gasteiger partial charge in [0.15, 0.2) is 6.10 Å². The third-order valence-corrected chi connectivity index (χ3v) is 18.9. The van der Waals surface area contributed by atoms with E-state index in [1.165, 1.54) is 353 Å². The molecule has 0 bridgehead atoms. The van der Waals surface area contributed by atoms with Gasteiger partial charge in [0.05, 0.1) is 27.7 Å². The summed E-state index contributed by atoms with van der Waals surface area (Å²) in [4.78, 5) is 35.9. The first-order chi connectivity index (χ1) is 41.5. The van der Waals surface area contributed by atoms with Crippen LogP contribution in [-0.4, -0.2) is 74.9 Å². The Hall–Kier alpha value is -0.990. The molecule has 85 heavy (non-hydrogen) atoms. The van der Waals surface area contributed by atoms with Crippen LogP contribution < -0.4 is 0 Å². The van der Waals surface area contributed by atoms with Crippen molar-refractivity contribution in [2.75, 3.05) is 47.5 Å². The van der Waals surface area contributed by atoms with E-state index >= 15 is 0 Å². The van der Waals surface area contributed by atoms with E-state index in [-0.39, 0.29) is 25.6 Å². The number of likely N-dealkylation sites (N-methyl/N-ethyl adjacent to an activating group) is 1. The maximum absolute atomic E-state index is 12.9. The summed E-state index contributed by atoms with van der Waals surface area (Å²) in [7, 11) is 1.51. The molecule has 0 saturated heterocycles. The first-order valence-corrected chi connectivity index (χ1v) is 39.8. The number of phosphoric ester groups is 1. The summed E-state index contributed by atoms with van der Waals surface area (Å²) in [6.45, 7) is 4.53. The molecule has 1 N–H and O–H groups in total. The Morgan fingerprint density at radius 3 is 0.753 bits per heavy atom. The Labute approximate surface area is 531 Å². The minimum absolute atomic E-state index is 0.0377. The van der Waals surface area contributed by atoms with E-state index in [1.54, 1.807) is 0 Å². The molecule has 2 unspecified atom stereocenters. The molecule has 0 aromatic heterocycles. The zero-order valence-corrected chi connectivity index (χ0v) is 59.0. The molecule has 0 rings (SSSR count). The number of carbonyl (C=O) groups is 2. The summed E-state index contributed by atoms with van der Waals surface area (Å²) >= 11 is 0. The molecular formula is C75H151NO8P+. The Morgan fingerprint density at radius 2 is 0.529 bits per heavy atom. The summed E-state index contributed by atoms with van der Waals surface area (Å²) in [5, 5.41) is 0. The number of unbranched alkanes of at least 4 members (excludes halogenated alkanes) is 59. The van der Waals surface area contributed by atoms with Crippen molar-refractivity contribution < 1.29 is 42.1 Å². The van der Waals surface area contributed by atoms with Crippen LogP contribution in [0, 0.1) is 0 Å². The van der Waals surface area contributed by atoms with E-state index in [9.17, 15) is 19.0 Å². The predicted molar refractivity (Wildman–Crippen MR) is 368 cm³/mol. The number of rotatable bonds is 73. The van der Waals surface area contributed by atoms with E-state index in [0.717, 1.165) is 38.5 Å². The normalized spacial score (nSPS) is 13.0. The van der Waals surface area contributed by atoms with E-state index < -0.39 is 26.5 Å². The Bertz CT molecular complexity index is 1390. The lowest BCUT2D eigenvalue weighted by Gasteiger charge is -2.24. The Morgan fingerprint density at radius 1 is 0.318 bits per heavy atom. The number of quaternary nitrogens is 1. The predicted octanol–water partition coefficient (Wildman–Crippen LogP) is 24.9. The van der Waals surface area contributed by atoms with Gasteiger partial charge >= 0.3 is 19.8 Å². The van der Waals surface area contributed by atoms with Crippen LogP contribution in [-0.2, 0) is 32.7 Å². The average Bonchev–Trinajstić information content (AvgIpc) is 3.51. The van der Waals surface area contributed by atoms with Gasteiger partial charge in [-0.2, -0.15) is 0 Å². The van der Waals surface area contributed by atoms with E-state index in [2.05, 4.69) is 13.8 Å². The molecule has 10 heteroatoms. The van der Waals surface area contributed by atoms with Crippen LogP contribution in [0.15, 0.2) is 0 Å². The lowest BCUT2D eigenvalue weighted by atomic mass is 10.0. The van der Waals surface area contributed by atoms with Gasteiger partial charge in [0.25, 0.3) is 0 Å². The van der Waals surface area contributed by atoms with Crippen LogP contribution in [0.1, 0.15) is 418 Å². The van der Waals surface area contributed by atoms with Gasteiger partial charge in [0.1, 0.15) is 19.8 Å². The standard InChI is InChI=1S/C75H150NO8P/c1-6-8-10-12-14-16-18-20-22-24-26-28-29-30-31-32-33-34-35-36-37-38-39-40-41-42-43-44-45-46-48-50-52-54-56-58-60-62-64-66-68-75(78)84-73(72-83-85(79,80)82-70-69-76(3,4)5)71-81-74(77)67-65-63-61-59-57-55-53-51-49-47-27-25-23-21-19-17-15-13-11-9-7-2/h73H,6-72H2,1-5H3/p+1. The number of hydrogen-bond acceptors (Lipinski definition) is 7. The summed E-state index contributed by atoms with van der Waals surface area (Å²) in [6, 6.07) is 0. The van der Waals surface area contributed by atoms with Crippen LogP contribution in [0.4, 0.5) is 0 Å². The lowest BCUT2D eigenvalue weighted by Crippen LogP contribution is -2.37. The number of phosphoric acid groups is 1. The molecule has 0 aromatic carbocycles. The highest BCUT2D eigenvalue weighted by molar-refractivity contribution is 7.47. The van der Waals surface area contributed by atoms with Crippen LogP contribution in [0.2, 0.25) is 0 Å². The summed E-state index contributed by atoms with van der Waals surface area (Å²) in [5.74, 6) is -0.767. The lowest BCUT2D eigenvalue weighted by molar-refractivity contribution is -0.870. The number of esters is 2. The molecule has 0 saturated carbocycles. The molecule has 0 fully saturated rings. The second-order valence-corrected chi connectivity index (χ2v) is 29.2. The minimum Gasteiger partial charge on any atom is -0.462 e. The SMILES string of the molecule is CCCCCCCCCCCCCCCCCCCCCCCCCCCCCCCCCCCCCCCCCCC(=O)OC(COC(=O)CCCCCCCCCCCCCCCCCCCCCCC)COP(=O)(O)OCC[N+](C)(C)C. The number of ether oxygens (including phenoxy) is 2. The number of nitrogens with zero attached hydrogens (tertiary/aromatic N) is 1. The molecule has 0 aliphatic heterocycles. The second-order valence-electron chi connectivity index (χ2n) is 27.8. The van der Waals surface area contributed by atoms with Crippen molar-refractivity contribution in [1.82, 2.24) is 0 Å². The topological polar surface area (TPSA) is 108 Å². The van der Waals surface area contributed by atoms with Gasteiger partial charge in [-0.3, -0.25) is 18.6 Å². The molecule has 9 nitrogen and oxygen atoms in total. The van der Waals surface area contributed by atoms with Crippen LogP contribution in [0.25, 0.3) is 0 Å². The monoisotopic (exact) mass is 1230 g/mol. The number of carbonyl (C=O) groups excluding carboxylic acids is 2. The van der Waals surface area contributed by atoms with E-state index in [1.807, 2.05) is 21.1 Å². The Balaban J connectivity index is 3.84. The highest BCUT2D eigenvalue weighted by atomic mass is 31.2. The fraction of sp³-hybridized carbons (Fsp3) is 0.973. The molecule has 0 amide bonds. The van der Waals surface area contributed by atoms with Crippen molar-refractivity contribution in [1.29, 1.82) is 0 Å². The first-order valence-electron chi connectivity index (χ1n) is 38.3. The largest absolute Gasteiger partial charge is 0.472 e. The Kier molecular flexibility index (Phi) is 66.6. The average molecular weight is 1230 g/mol. The van der Waals surface area contributed by atoms with Crippen molar-refractivity contribution in [3.05, 3.63) is 0 Å². The second kappa shape index (κ2) is 67.4. The van der Waals surface area contributed by atoms with Gasteiger partial charge in [-0.25, -0.2) is 4.57 Å². The molecule has 0 aliphatic carbocycles. The molecular weight excluding hydrogens is 1070 g/mol. The fourth-order valence-electron chi connectivity index (χ4n) is 12.0. The van der Waals surface area contributed by atoms with Crippen LogP contribution in [0.3, 0.4) is 0 Å². The highest BCUT2D eigenvalue weighted by Crippen LogP contribution is 2.43. The third kappa shape index (κ3) is 72.0. The summed E-state index contributed by atoms with van der Waals surface area (Å²) < 4.78 is 34.8.